The average molecular weight is 247 g/mol. The smallest absolute Gasteiger partial charge is 0.330 e. The lowest BCUT2D eigenvalue weighted by atomic mass is 10.3. The summed E-state index contributed by atoms with van der Waals surface area (Å²) in [5.41, 5.74) is 0.518. The third kappa shape index (κ3) is 3.85. The molecule has 0 N–H and O–H groups in total. The van der Waals surface area contributed by atoms with Crippen molar-refractivity contribution in [1.29, 1.82) is 0 Å². The van der Waals surface area contributed by atoms with Crippen LogP contribution >= 0.6 is 23.2 Å². The third-order valence-electron chi connectivity index (χ3n) is 1.43. The van der Waals surface area contributed by atoms with Crippen molar-refractivity contribution in [3.63, 3.8) is 0 Å². The van der Waals surface area contributed by atoms with Gasteiger partial charge >= 0.3 is 5.97 Å². The van der Waals surface area contributed by atoms with E-state index in [-0.39, 0.29) is 10.3 Å². The van der Waals surface area contributed by atoms with E-state index in [4.69, 9.17) is 27.9 Å². The van der Waals surface area contributed by atoms with Gasteiger partial charge in [0.05, 0.1) is 6.61 Å². The van der Waals surface area contributed by atoms with Crippen LogP contribution in [-0.2, 0) is 9.53 Å². The number of halogens is 2. The number of aromatic nitrogens is 2. The summed E-state index contributed by atoms with van der Waals surface area (Å²) in [5, 5.41) is 7.51. The van der Waals surface area contributed by atoms with Gasteiger partial charge in [-0.25, -0.2) is 4.79 Å². The summed E-state index contributed by atoms with van der Waals surface area (Å²) >= 11 is 11.3. The fourth-order valence-electron chi connectivity index (χ4n) is 0.831. The van der Waals surface area contributed by atoms with E-state index in [2.05, 4.69) is 10.2 Å². The zero-order valence-corrected chi connectivity index (χ0v) is 9.42. The van der Waals surface area contributed by atoms with E-state index in [1.807, 2.05) is 0 Å². The summed E-state index contributed by atoms with van der Waals surface area (Å²) in [5.74, 6) is -0.443. The summed E-state index contributed by atoms with van der Waals surface area (Å²) in [6, 6.07) is 1.51. The van der Waals surface area contributed by atoms with Crippen molar-refractivity contribution in [2.45, 2.75) is 6.92 Å². The van der Waals surface area contributed by atoms with Gasteiger partial charge in [0, 0.05) is 11.6 Å². The van der Waals surface area contributed by atoms with E-state index in [0.29, 0.717) is 12.2 Å². The molecular formula is C9H8Cl2N2O2. The predicted octanol–water partition coefficient (Wildman–Crippen LogP) is 2.36. The summed E-state index contributed by atoms with van der Waals surface area (Å²) in [7, 11) is 0. The van der Waals surface area contributed by atoms with Gasteiger partial charge in [0.15, 0.2) is 10.3 Å². The van der Waals surface area contributed by atoms with Crippen molar-refractivity contribution >= 4 is 35.2 Å². The van der Waals surface area contributed by atoms with Crippen LogP contribution in [0, 0.1) is 0 Å². The summed E-state index contributed by atoms with van der Waals surface area (Å²) < 4.78 is 4.70. The SMILES string of the molecule is CCOC(=O)/C=C\c1cc(Cl)nnc1Cl. The number of nitrogens with zero attached hydrogens (tertiary/aromatic N) is 2. The quantitative estimate of drug-likeness (QED) is 0.607. The molecule has 1 aromatic heterocycles. The van der Waals surface area contributed by atoms with Gasteiger partial charge < -0.3 is 4.74 Å². The molecule has 0 fully saturated rings. The van der Waals surface area contributed by atoms with Crippen molar-refractivity contribution < 1.29 is 9.53 Å². The molecule has 0 saturated heterocycles. The minimum atomic E-state index is -0.443. The normalized spacial score (nSPS) is 10.6. The average Bonchev–Trinajstić information content (AvgIpc) is 2.20. The van der Waals surface area contributed by atoms with Crippen LogP contribution in [0.15, 0.2) is 12.1 Å². The standard InChI is InChI=1S/C9H8Cl2N2O2/c1-2-15-8(14)4-3-6-5-7(10)12-13-9(6)11/h3-5H,2H2,1H3/b4-3-. The molecule has 0 amide bonds. The lowest BCUT2D eigenvalue weighted by molar-refractivity contribution is -0.137. The zero-order valence-electron chi connectivity index (χ0n) is 7.91. The number of esters is 1. The second-order valence-electron chi connectivity index (χ2n) is 2.50. The Morgan fingerprint density at radius 1 is 1.53 bits per heavy atom. The molecule has 0 aromatic carbocycles. The van der Waals surface area contributed by atoms with Crippen molar-refractivity contribution in [1.82, 2.24) is 10.2 Å². The second kappa shape index (κ2) is 5.68. The molecule has 0 bridgehead atoms. The Labute approximate surface area is 96.9 Å². The van der Waals surface area contributed by atoms with E-state index in [9.17, 15) is 4.79 Å². The molecule has 1 rings (SSSR count). The van der Waals surface area contributed by atoms with E-state index < -0.39 is 5.97 Å². The first-order chi connectivity index (χ1) is 7.13. The Morgan fingerprint density at radius 2 is 2.27 bits per heavy atom. The minimum absolute atomic E-state index is 0.181. The molecule has 4 nitrogen and oxygen atoms in total. The van der Waals surface area contributed by atoms with Crippen LogP contribution in [0.25, 0.3) is 6.08 Å². The minimum Gasteiger partial charge on any atom is -0.463 e. The molecule has 0 aliphatic rings. The van der Waals surface area contributed by atoms with Gasteiger partial charge in [0.1, 0.15) is 0 Å². The Morgan fingerprint density at radius 3 is 2.93 bits per heavy atom. The van der Waals surface area contributed by atoms with Crippen LogP contribution < -0.4 is 0 Å². The zero-order chi connectivity index (χ0) is 11.3. The first-order valence-corrected chi connectivity index (χ1v) is 4.92. The summed E-state index contributed by atoms with van der Waals surface area (Å²) in [4.78, 5) is 11.0. The molecular weight excluding hydrogens is 239 g/mol. The highest BCUT2D eigenvalue weighted by atomic mass is 35.5. The highest BCUT2D eigenvalue weighted by Gasteiger charge is 2.01. The molecule has 1 aromatic rings. The van der Waals surface area contributed by atoms with Crippen LogP contribution in [-0.4, -0.2) is 22.8 Å². The molecule has 0 spiro atoms. The maximum atomic E-state index is 11.0. The Bertz CT molecular complexity index is 394. The molecule has 1 heterocycles. The molecule has 80 valence electrons. The lowest BCUT2D eigenvalue weighted by Gasteiger charge is -1.97. The maximum absolute atomic E-state index is 11.0. The van der Waals surface area contributed by atoms with Gasteiger partial charge in [-0.3, -0.25) is 0 Å². The Balaban J connectivity index is 2.79. The fourth-order valence-corrected chi connectivity index (χ4v) is 1.14. The number of ether oxygens (including phenoxy) is 1. The van der Waals surface area contributed by atoms with E-state index in [0.717, 1.165) is 0 Å². The van der Waals surface area contributed by atoms with Crippen LogP contribution in [0.2, 0.25) is 10.3 Å². The van der Waals surface area contributed by atoms with Crippen LogP contribution in [0.5, 0.6) is 0 Å². The molecule has 0 radical (unpaired) electrons. The molecule has 6 heteroatoms. The van der Waals surface area contributed by atoms with Gasteiger partial charge in [-0.1, -0.05) is 23.2 Å². The fraction of sp³-hybridized carbons (Fsp3) is 0.222. The Hall–Kier alpha value is -1.13. The highest BCUT2D eigenvalue weighted by Crippen LogP contribution is 2.16. The maximum Gasteiger partial charge on any atom is 0.330 e. The van der Waals surface area contributed by atoms with Crippen molar-refractivity contribution in [3.05, 3.63) is 28.0 Å². The molecule has 0 aliphatic heterocycles. The van der Waals surface area contributed by atoms with Gasteiger partial charge in [0.2, 0.25) is 0 Å². The third-order valence-corrected chi connectivity index (χ3v) is 1.91. The summed E-state index contributed by atoms with van der Waals surface area (Å²) in [6.07, 6.45) is 2.73. The van der Waals surface area contributed by atoms with Crippen LogP contribution in [0.4, 0.5) is 0 Å². The molecule has 0 saturated carbocycles. The predicted molar refractivity (Wildman–Crippen MR) is 57.7 cm³/mol. The van der Waals surface area contributed by atoms with Gasteiger partial charge in [0.25, 0.3) is 0 Å². The number of carbonyl (C=O) groups excluding carboxylic acids is 1. The van der Waals surface area contributed by atoms with E-state index >= 15 is 0 Å². The molecule has 15 heavy (non-hydrogen) atoms. The van der Waals surface area contributed by atoms with Gasteiger partial charge in [-0.2, -0.15) is 0 Å². The van der Waals surface area contributed by atoms with Crippen LogP contribution in [0.1, 0.15) is 12.5 Å². The largest absolute Gasteiger partial charge is 0.463 e. The van der Waals surface area contributed by atoms with Crippen molar-refractivity contribution in [2.75, 3.05) is 6.61 Å². The summed E-state index contributed by atoms with van der Waals surface area (Å²) in [6.45, 7) is 2.05. The number of carbonyl (C=O) groups is 1. The molecule has 0 atom stereocenters. The second-order valence-corrected chi connectivity index (χ2v) is 3.24. The number of hydrogen-bond donors (Lipinski definition) is 0. The number of rotatable bonds is 3. The molecule has 0 aliphatic carbocycles. The molecule has 0 unspecified atom stereocenters. The van der Waals surface area contributed by atoms with E-state index in [1.54, 1.807) is 6.92 Å². The monoisotopic (exact) mass is 246 g/mol. The number of hydrogen-bond acceptors (Lipinski definition) is 4. The van der Waals surface area contributed by atoms with Crippen LogP contribution in [0.3, 0.4) is 0 Å². The van der Waals surface area contributed by atoms with Gasteiger partial charge in [-0.15, -0.1) is 10.2 Å². The van der Waals surface area contributed by atoms with Crippen molar-refractivity contribution in [3.8, 4) is 0 Å². The Kier molecular flexibility index (Phi) is 4.52. The topological polar surface area (TPSA) is 52.1 Å². The van der Waals surface area contributed by atoms with E-state index in [1.165, 1.54) is 18.2 Å². The first-order valence-electron chi connectivity index (χ1n) is 4.17. The highest BCUT2D eigenvalue weighted by molar-refractivity contribution is 6.32. The first kappa shape index (κ1) is 11.9. The lowest BCUT2D eigenvalue weighted by Crippen LogP contribution is -1.98. The van der Waals surface area contributed by atoms with Gasteiger partial charge in [-0.05, 0) is 19.1 Å². The van der Waals surface area contributed by atoms with Crippen molar-refractivity contribution in [2.24, 2.45) is 0 Å².